The minimum atomic E-state index is -3.59. The van der Waals surface area contributed by atoms with Crippen molar-refractivity contribution in [1.82, 2.24) is 4.90 Å². The molecule has 0 saturated carbocycles. The molecule has 0 atom stereocenters. The molecule has 0 aliphatic heterocycles. The Bertz CT molecular complexity index is 641. The largest absolute Gasteiger partial charge is 0.341 e. The zero-order valence-electron chi connectivity index (χ0n) is 14.2. The van der Waals surface area contributed by atoms with Gasteiger partial charge < -0.3 is 4.90 Å². The average Bonchev–Trinajstić information content (AvgIpc) is 2.46. The Morgan fingerprint density at radius 3 is 2.22 bits per heavy atom. The van der Waals surface area contributed by atoms with Gasteiger partial charge >= 0.3 is 0 Å². The molecule has 0 N–H and O–H groups in total. The smallest absolute Gasteiger partial charge is 0.243 e. The molecule has 0 aliphatic rings. The number of aryl methyl sites for hydroxylation is 1. The van der Waals surface area contributed by atoms with Crippen LogP contribution in [0, 0.1) is 6.92 Å². The molecule has 7 heteroatoms. The van der Waals surface area contributed by atoms with Gasteiger partial charge in [0.2, 0.25) is 15.9 Å². The highest BCUT2D eigenvalue weighted by Crippen LogP contribution is 2.26. The van der Waals surface area contributed by atoms with E-state index < -0.39 is 10.0 Å². The fraction of sp³-hybridized carbons (Fsp3) is 0.562. The first-order valence-electron chi connectivity index (χ1n) is 7.72. The van der Waals surface area contributed by atoms with E-state index in [9.17, 15) is 13.2 Å². The van der Waals surface area contributed by atoms with Gasteiger partial charge in [0.15, 0.2) is 0 Å². The Labute approximate surface area is 144 Å². The van der Waals surface area contributed by atoms with Crippen molar-refractivity contribution in [3.8, 4) is 0 Å². The normalized spacial score (nSPS) is 11.3. The quantitative estimate of drug-likeness (QED) is 0.715. The number of sulfonamides is 1. The Morgan fingerprint density at radius 1 is 1.17 bits per heavy atom. The van der Waals surface area contributed by atoms with Gasteiger partial charge in [0.05, 0.1) is 11.9 Å². The molecule has 0 saturated heterocycles. The van der Waals surface area contributed by atoms with Gasteiger partial charge in [0, 0.05) is 18.1 Å². The van der Waals surface area contributed by atoms with Gasteiger partial charge in [-0.25, -0.2) is 8.42 Å². The van der Waals surface area contributed by atoms with Crippen molar-refractivity contribution in [2.75, 3.05) is 30.2 Å². The summed E-state index contributed by atoms with van der Waals surface area (Å²) in [6.45, 7) is 6.82. The van der Waals surface area contributed by atoms with Crippen LogP contribution >= 0.6 is 11.6 Å². The second-order valence-electron chi connectivity index (χ2n) is 5.58. The Hall–Kier alpha value is -1.27. The van der Waals surface area contributed by atoms with Crippen molar-refractivity contribution < 1.29 is 13.2 Å². The number of halogens is 1. The number of anilines is 1. The minimum Gasteiger partial charge on any atom is -0.341 e. The monoisotopic (exact) mass is 360 g/mol. The van der Waals surface area contributed by atoms with Crippen LogP contribution in [0.2, 0.25) is 5.02 Å². The Kier molecular flexibility index (Phi) is 7.35. The first-order valence-corrected chi connectivity index (χ1v) is 9.95. The van der Waals surface area contributed by atoms with Gasteiger partial charge in [0.25, 0.3) is 0 Å². The van der Waals surface area contributed by atoms with Crippen LogP contribution in [0.3, 0.4) is 0 Å². The van der Waals surface area contributed by atoms with Gasteiger partial charge in [-0.1, -0.05) is 31.5 Å². The van der Waals surface area contributed by atoms with Crippen LogP contribution in [0.15, 0.2) is 18.2 Å². The van der Waals surface area contributed by atoms with E-state index in [1.807, 2.05) is 13.8 Å². The lowest BCUT2D eigenvalue weighted by Crippen LogP contribution is -2.43. The average molecular weight is 361 g/mol. The lowest BCUT2D eigenvalue weighted by molar-refractivity contribution is -0.129. The van der Waals surface area contributed by atoms with E-state index in [1.165, 1.54) is 0 Å². The van der Waals surface area contributed by atoms with E-state index in [0.717, 1.165) is 29.0 Å². The van der Waals surface area contributed by atoms with Crippen molar-refractivity contribution in [3.05, 3.63) is 28.8 Å². The summed E-state index contributed by atoms with van der Waals surface area (Å²) < 4.78 is 25.5. The van der Waals surface area contributed by atoms with Gasteiger partial charge in [-0.3, -0.25) is 9.10 Å². The molecule has 0 fully saturated rings. The SMILES string of the molecule is CCCN(CCC)C(=O)CN(c1cc(Cl)ccc1C)S(C)(=O)=O. The molecular weight excluding hydrogens is 336 g/mol. The molecule has 130 valence electrons. The number of hydrogen-bond donors (Lipinski definition) is 0. The van der Waals surface area contributed by atoms with Gasteiger partial charge in [-0.15, -0.1) is 0 Å². The second kappa shape index (κ2) is 8.55. The Morgan fingerprint density at radius 2 is 1.74 bits per heavy atom. The van der Waals surface area contributed by atoms with Gasteiger partial charge in [-0.2, -0.15) is 0 Å². The van der Waals surface area contributed by atoms with Crippen LogP contribution in [-0.4, -0.2) is 45.1 Å². The first-order chi connectivity index (χ1) is 10.7. The molecule has 0 spiro atoms. The van der Waals surface area contributed by atoms with Crippen LogP contribution in [0.1, 0.15) is 32.3 Å². The van der Waals surface area contributed by atoms with E-state index in [-0.39, 0.29) is 12.5 Å². The highest BCUT2D eigenvalue weighted by Gasteiger charge is 2.25. The molecule has 0 unspecified atom stereocenters. The molecule has 1 amide bonds. The summed E-state index contributed by atoms with van der Waals surface area (Å²) in [4.78, 5) is 14.2. The van der Waals surface area contributed by atoms with Crippen molar-refractivity contribution >= 4 is 33.2 Å². The number of nitrogens with zero attached hydrogens (tertiary/aromatic N) is 2. The number of benzene rings is 1. The highest BCUT2D eigenvalue weighted by molar-refractivity contribution is 7.92. The standard InChI is InChI=1S/C16H25ClN2O3S/c1-5-9-18(10-6-2)16(20)12-19(23(4,21)22)15-11-14(17)8-7-13(15)3/h7-8,11H,5-6,9-10,12H2,1-4H3. The molecule has 23 heavy (non-hydrogen) atoms. The van der Waals surface area contributed by atoms with Gasteiger partial charge in [0.1, 0.15) is 6.54 Å². The van der Waals surface area contributed by atoms with Crippen molar-refractivity contribution in [2.24, 2.45) is 0 Å². The zero-order chi connectivity index (χ0) is 17.6. The predicted molar refractivity (Wildman–Crippen MR) is 95.5 cm³/mol. The fourth-order valence-corrected chi connectivity index (χ4v) is 3.42. The topological polar surface area (TPSA) is 57.7 Å². The second-order valence-corrected chi connectivity index (χ2v) is 7.92. The van der Waals surface area contributed by atoms with E-state index in [4.69, 9.17) is 11.6 Å². The molecule has 5 nitrogen and oxygen atoms in total. The van der Waals surface area contributed by atoms with E-state index >= 15 is 0 Å². The van der Waals surface area contributed by atoms with Crippen LogP contribution < -0.4 is 4.31 Å². The number of rotatable bonds is 8. The summed E-state index contributed by atoms with van der Waals surface area (Å²) in [5.41, 5.74) is 1.20. The molecule has 0 heterocycles. The maximum Gasteiger partial charge on any atom is 0.243 e. The highest BCUT2D eigenvalue weighted by atomic mass is 35.5. The summed E-state index contributed by atoms with van der Waals surface area (Å²) >= 11 is 5.99. The summed E-state index contributed by atoms with van der Waals surface area (Å²) in [6.07, 6.45) is 2.77. The number of amides is 1. The minimum absolute atomic E-state index is 0.196. The van der Waals surface area contributed by atoms with E-state index in [0.29, 0.717) is 23.8 Å². The lowest BCUT2D eigenvalue weighted by atomic mass is 10.2. The van der Waals surface area contributed by atoms with Crippen molar-refractivity contribution in [2.45, 2.75) is 33.6 Å². The molecule has 1 aromatic carbocycles. The van der Waals surface area contributed by atoms with E-state index in [1.54, 1.807) is 30.0 Å². The van der Waals surface area contributed by atoms with Gasteiger partial charge in [-0.05, 0) is 37.5 Å². The summed E-state index contributed by atoms with van der Waals surface area (Å²) in [6, 6.07) is 5.02. The molecule has 0 aromatic heterocycles. The van der Waals surface area contributed by atoms with Crippen molar-refractivity contribution in [1.29, 1.82) is 0 Å². The Balaban J connectivity index is 3.14. The van der Waals surface area contributed by atoms with Crippen LogP contribution in [0.4, 0.5) is 5.69 Å². The number of carbonyl (C=O) groups excluding carboxylic acids is 1. The molecule has 0 aliphatic carbocycles. The fourth-order valence-electron chi connectivity index (χ4n) is 2.36. The molecular formula is C16H25ClN2O3S. The number of hydrogen-bond acceptors (Lipinski definition) is 3. The predicted octanol–water partition coefficient (Wildman–Crippen LogP) is 3.06. The van der Waals surface area contributed by atoms with Crippen LogP contribution in [0.5, 0.6) is 0 Å². The maximum atomic E-state index is 12.5. The molecule has 0 bridgehead atoms. The molecule has 0 radical (unpaired) electrons. The summed E-state index contributed by atoms with van der Waals surface area (Å²) in [5, 5.41) is 0.436. The summed E-state index contributed by atoms with van der Waals surface area (Å²) in [7, 11) is -3.59. The van der Waals surface area contributed by atoms with Crippen LogP contribution in [-0.2, 0) is 14.8 Å². The molecule has 1 rings (SSSR count). The maximum absolute atomic E-state index is 12.5. The van der Waals surface area contributed by atoms with Crippen molar-refractivity contribution in [3.63, 3.8) is 0 Å². The number of carbonyl (C=O) groups is 1. The lowest BCUT2D eigenvalue weighted by Gasteiger charge is -2.28. The third-order valence-corrected chi connectivity index (χ3v) is 4.82. The summed E-state index contributed by atoms with van der Waals surface area (Å²) in [5.74, 6) is -0.196. The third kappa shape index (κ3) is 5.70. The van der Waals surface area contributed by atoms with E-state index in [2.05, 4.69) is 0 Å². The molecule has 1 aromatic rings. The third-order valence-electron chi connectivity index (χ3n) is 3.46. The zero-order valence-corrected chi connectivity index (χ0v) is 15.7. The first kappa shape index (κ1) is 19.8. The van der Waals surface area contributed by atoms with Crippen LogP contribution in [0.25, 0.3) is 0 Å².